The van der Waals surface area contributed by atoms with E-state index in [-0.39, 0.29) is 23.2 Å². The number of amidine groups is 1. The molecule has 2 heterocycles. The first-order chi connectivity index (χ1) is 13.0. The van der Waals surface area contributed by atoms with E-state index in [0.717, 1.165) is 45.2 Å². The Kier molecular flexibility index (Phi) is 8.27. The van der Waals surface area contributed by atoms with Crippen LogP contribution in [0.2, 0.25) is 0 Å². The number of rotatable bonds is 7. The summed E-state index contributed by atoms with van der Waals surface area (Å²) in [7, 11) is -1.56. The molecule has 2 N–H and O–H groups in total. The van der Waals surface area contributed by atoms with E-state index >= 15 is 0 Å². The minimum absolute atomic E-state index is 0. The van der Waals surface area contributed by atoms with Crippen LogP contribution in [0.15, 0.2) is 34.2 Å². The van der Waals surface area contributed by atoms with E-state index in [1.807, 2.05) is 11.9 Å². The molecule has 0 aromatic heterocycles. The molecule has 0 radical (unpaired) electrons. The number of amides is 1. The molecule has 0 spiro atoms. The Balaban J connectivity index is 0.00000280. The maximum absolute atomic E-state index is 12.3. The number of hydrogen-bond donors (Lipinski definition) is 2. The molecule has 0 aliphatic carbocycles. The fourth-order valence-corrected chi connectivity index (χ4v) is 4.83. The lowest BCUT2D eigenvalue weighted by Crippen LogP contribution is -2.43. The number of sulfonamides is 1. The highest BCUT2D eigenvalue weighted by Gasteiger charge is 2.29. The molecule has 2 aliphatic rings. The lowest BCUT2D eigenvalue weighted by atomic mass is 10.0. The molecule has 0 unspecified atom stereocenters. The lowest BCUT2D eigenvalue weighted by Gasteiger charge is -2.31. The molecule has 28 heavy (non-hydrogen) atoms. The minimum Gasteiger partial charge on any atom is -0.343 e. The minimum atomic E-state index is -3.47. The van der Waals surface area contributed by atoms with E-state index in [1.54, 1.807) is 24.3 Å². The van der Waals surface area contributed by atoms with E-state index in [4.69, 9.17) is 0 Å². The Bertz CT molecular complexity index is 807. The van der Waals surface area contributed by atoms with E-state index in [0.29, 0.717) is 30.4 Å². The van der Waals surface area contributed by atoms with Gasteiger partial charge in [-0.3, -0.25) is 14.5 Å². The van der Waals surface area contributed by atoms with Gasteiger partial charge in [0.25, 0.3) is 10.0 Å². The number of halogens is 1. The predicted molar refractivity (Wildman–Crippen MR) is 113 cm³/mol. The molecular formula is C19H29ClN4O3S. The fourth-order valence-electron chi connectivity index (χ4n) is 3.58. The van der Waals surface area contributed by atoms with Crippen molar-refractivity contribution in [2.75, 3.05) is 26.7 Å². The van der Waals surface area contributed by atoms with Crippen LogP contribution in [0, 0.1) is 0 Å². The summed E-state index contributed by atoms with van der Waals surface area (Å²) in [6.07, 6.45) is 5.18. The van der Waals surface area contributed by atoms with Crippen molar-refractivity contribution in [3.63, 3.8) is 0 Å². The summed E-state index contributed by atoms with van der Waals surface area (Å²) in [6.45, 7) is 2.51. The molecule has 1 fully saturated rings. The van der Waals surface area contributed by atoms with Gasteiger partial charge >= 0.3 is 0 Å². The van der Waals surface area contributed by atoms with Gasteiger partial charge in [-0.2, -0.15) is 0 Å². The third-order valence-electron chi connectivity index (χ3n) is 5.23. The van der Waals surface area contributed by atoms with Crippen molar-refractivity contribution >= 4 is 34.2 Å². The van der Waals surface area contributed by atoms with E-state index in [1.165, 1.54) is 0 Å². The average Bonchev–Trinajstić information content (AvgIpc) is 2.95. The van der Waals surface area contributed by atoms with Crippen molar-refractivity contribution in [3.05, 3.63) is 29.8 Å². The highest BCUT2D eigenvalue weighted by molar-refractivity contribution is 7.90. The van der Waals surface area contributed by atoms with Crippen LogP contribution in [0.5, 0.6) is 0 Å². The molecule has 3 rings (SSSR count). The summed E-state index contributed by atoms with van der Waals surface area (Å²) < 4.78 is 26.6. The zero-order valence-corrected chi connectivity index (χ0v) is 17.8. The third-order valence-corrected chi connectivity index (χ3v) is 6.63. The van der Waals surface area contributed by atoms with Gasteiger partial charge in [-0.1, -0.05) is 18.6 Å². The number of piperidine rings is 1. The number of fused-ring (bicyclic) bond motifs is 1. The first-order valence-electron chi connectivity index (χ1n) is 9.62. The summed E-state index contributed by atoms with van der Waals surface area (Å²) in [5.74, 6) is 0.637. The molecule has 156 valence electrons. The van der Waals surface area contributed by atoms with E-state index in [2.05, 4.69) is 15.0 Å². The Hall–Kier alpha value is -1.64. The van der Waals surface area contributed by atoms with E-state index in [9.17, 15) is 13.2 Å². The number of carbonyl (C=O) groups excluding carboxylic acids is 1. The number of benzene rings is 1. The number of aliphatic imine (C=N–C) groups is 1. The van der Waals surface area contributed by atoms with Crippen molar-refractivity contribution in [1.82, 2.24) is 14.9 Å². The van der Waals surface area contributed by atoms with Gasteiger partial charge in [-0.05, 0) is 50.9 Å². The van der Waals surface area contributed by atoms with Gasteiger partial charge in [0, 0.05) is 31.6 Å². The van der Waals surface area contributed by atoms with Crippen molar-refractivity contribution in [1.29, 1.82) is 0 Å². The Morgan fingerprint density at radius 2 is 1.89 bits per heavy atom. The largest absolute Gasteiger partial charge is 0.343 e. The number of nitrogens with zero attached hydrogens (tertiary/aromatic N) is 2. The van der Waals surface area contributed by atoms with Crippen molar-refractivity contribution in [2.45, 2.75) is 49.5 Å². The highest BCUT2D eigenvalue weighted by atomic mass is 35.5. The van der Waals surface area contributed by atoms with Gasteiger partial charge < -0.3 is 10.2 Å². The first kappa shape index (κ1) is 22.6. The SMILES string of the molecule is CN(C(=O)CCCCCN=C1NS(=O)(=O)c2ccccc21)C1CCNCC1.Cl. The van der Waals surface area contributed by atoms with Gasteiger partial charge in [0.2, 0.25) is 5.91 Å². The van der Waals surface area contributed by atoms with Crippen molar-refractivity contribution in [3.8, 4) is 0 Å². The smallest absolute Gasteiger partial charge is 0.263 e. The fraction of sp³-hybridized carbons (Fsp3) is 0.579. The van der Waals surface area contributed by atoms with Crippen LogP contribution >= 0.6 is 12.4 Å². The van der Waals surface area contributed by atoms with Crippen LogP contribution in [0.3, 0.4) is 0 Å². The van der Waals surface area contributed by atoms with Gasteiger partial charge in [-0.15, -0.1) is 12.4 Å². The average molecular weight is 429 g/mol. The molecular weight excluding hydrogens is 400 g/mol. The number of carbonyl (C=O) groups is 1. The topological polar surface area (TPSA) is 90.9 Å². The first-order valence-corrected chi connectivity index (χ1v) is 11.1. The second kappa shape index (κ2) is 10.2. The Morgan fingerprint density at radius 1 is 1.18 bits per heavy atom. The molecule has 7 nitrogen and oxygen atoms in total. The van der Waals surface area contributed by atoms with Crippen LogP contribution in [0.25, 0.3) is 0 Å². The van der Waals surface area contributed by atoms with Crippen LogP contribution in [-0.4, -0.2) is 57.8 Å². The molecule has 2 aliphatic heterocycles. The molecule has 1 saturated heterocycles. The standard InChI is InChI=1S/C19H28N4O3S.ClH/c1-23(15-10-13-20-14-11-15)18(24)9-3-2-6-12-21-19-16-7-4-5-8-17(16)27(25,26)22-19;/h4-5,7-8,15,20H,2-3,6,9-14H2,1H3,(H,21,22);1H. The van der Waals surface area contributed by atoms with Crippen LogP contribution in [0.4, 0.5) is 0 Å². The summed E-state index contributed by atoms with van der Waals surface area (Å²) >= 11 is 0. The van der Waals surface area contributed by atoms with Crippen molar-refractivity contribution < 1.29 is 13.2 Å². The summed E-state index contributed by atoms with van der Waals surface area (Å²) in [5, 5.41) is 3.32. The summed E-state index contributed by atoms with van der Waals surface area (Å²) in [5.41, 5.74) is 0.635. The van der Waals surface area contributed by atoms with Gasteiger partial charge in [0.15, 0.2) is 0 Å². The maximum Gasteiger partial charge on any atom is 0.263 e. The number of nitrogens with one attached hydrogen (secondary N) is 2. The highest BCUT2D eigenvalue weighted by Crippen LogP contribution is 2.22. The van der Waals surface area contributed by atoms with Gasteiger partial charge in [0.1, 0.15) is 5.84 Å². The normalized spacial score (nSPS) is 19.5. The van der Waals surface area contributed by atoms with Crippen LogP contribution in [-0.2, 0) is 14.8 Å². The quantitative estimate of drug-likeness (QED) is 0.649. The third kappa shape index (κ3) is 5.46. The Morgan fingerprint density at radius 3 is 2.64 bits per heavy atom. The van der Waals surface area contributed by atoms with Gasteiger partial charge in [-0.25, -0.2) is 8.42 Å². The zero-order chi connectivity index (χ0) is 19.3. The maximum atomic E-state index is 12.3. The number of hydrogen-bond acceptors (Lipinski definition) is 5. The Labute approximate surface area is 173 Å². The molecule has 0 bridgehead atoms. The molecule has 1 amide bonds. The second-order valence-electron chi connectivity index (χ2n) is 7.13. The number of unbranched alkanes of at least 4 members (excludes halogenated alkanes) is 2. The summed E-state index contributed by atoms with van der Waals surface area (Å²) in [6, 6.07) is 7.23. The molecule has 1 aromatic carbocycles. The monoisotopic (exact) mass is 428 g/mol. The van der Waals surface area contributed by atoms with Crippen LogP contribution < -0.4 is 10.0 Å². The molecule has 1 aromatic rings. The van der Waals surface area contributed by atoms with Crippen LogP contribution in [0.1, 0.15) is 44.1 Å². The molecule has 0 atom stereocenters. The second-order valence-corrected chi connectivity index (χ2v) is 8.78. The molecule has 0 saturated carbocycles. The predicted octanol–water partition coefficient (Wildman–Crippen LogP) is 1.92. The lowest BCUT2D eigenvalue weighted by molar-refractivity contribution is -0.132. The zero-order valence-electron chi connectivity index (χ0n) is 16.2. The van der Waals surface area contributed by atoms with Gasteiger partial charge in [0.05, 0.1) is 4.90 Å². The summed E-state index contributed by atoms with van der Waals surface area (Å²) in [4.78, 5) is 18.9. The van der Waals surface area contributed by atoms with Crippen molar-refractivity contribution in [2.24, 2.45) is 4.99 Å². The molecule has 9 heteroatoms. The van der Waals surface area contributed by atoms with E-state index < -0.39 is 10.0 Å².